The molecule has 1 aliphatic heterocycles. The molecule has 2 aliphatic carbocycles. The minimum Gasteiger partial charge on any atom is -0.391 e. The van der Waals surface area contributed by atoms with Gasteiger partial charge >= 0.3 is 0 Å². The lowest BCUT2D eigenvalue weighted by Gasteiger charge is -2.35. The van der Waals surface area contributed by atoms with Crippen LogP contribution in [0, 0.1) is 0 Å². The fraction of sp³-hybridized carbons (Fsp3) is 0.824. The van der Waals surface area contributed by atoms with Crippen LogP contribution in [0.2, 0.25) is 0 Å². The maximum atomic E-state index is 10.3. The van der Waals surface area contributed by atoms with E-state index in [4.69, 9.17) is 0 Å². The molecule has 1 N–H and O–H groups in total. The van der Waals surface area contributed by atoms with Crippen molar-refractivity contribution in [2.45, 2.75) is 76.0 Å². The number of imidazole rings is 1. The number of aromatic nitrogens is 2. The average molecular weight is 289 g/mol. The van der Waals surface area contributed by atoms with Gasteiger partial charge < -0.3 is 9.67 Å². The van der Waals surface area contributed by atoms with E-state index < -0.39 is 0 Å². The molecule has 116 valence electrons. The maximum Gasteiger partial charge on any atom is 0.0954 e. The van der Waals surface area contributed by atoms with Crippen molar-refractivity contribution >= 4 is 0 Å². The first kappa shape index (κ1) is 13.8. The van der Waals surface area contributed by atoms with Crippen LogP contribution in [0.5, 0.6) is 0 Å². The fourth-order valence-electron chi connectivity index (χ4n) is 4.62. The van der Waals surface area contributed by atoms with Gasteiger partial charge in [0.25, 0.3) is 0 Å². The van der Waals surface area contributed by atoms with E-state index in [2.05, 4.69) is 20.8 Å². The van der Waals surface area contributed by atoms with Crippen molar-refractivity contribution in [2.75, 3.05) is 13.1 Å². The van der Waals surface area contributed by atoms with E-state index >= 15 is 0 Å². The Morgan fingerprint density at radius 1 is 1.05 bits per heavy atom. The molecule has 0 spiro atoms. The predicted molar refractivity (Wildman–Crippen MR) is 82.4 cm³/mol. The molecule has 0 radical (unpaired) electrons. The van der Waals surface area contributed by atoms with E-state index in [-0.39, 0.29) is 6.10 Å². The Morgan fingerprint density at radius 3 is 2.81 bits per heavy atom. The average Bonchev–Trinajstić information content (AvgIpc) is 3.14. The zero-order valence-electron chi connectivity index (χ0n) is 12.9. The summed E-state index contributed by atoms with van der Waals surface area (Å²) in [5.41, 5.74) is 2.84. The third kappa shape index (κ3) is 2.53. The summed E-state index contributed by atoms with van der Waals surface area (Å²) >= 11 is 0. The van der Waals surface area contributed by atoms with E-state index in [1.807, 2.05) is 0 Å². The number of aryl methyl sites for hydroxylation is 1. The van der Waals surface area contributed by atoms with Gasteiger partial charge in [0, 0.05) is 30.9 Å². The van der Waals surface area contributed by atoms with Gasteiger partial charge in [0.15, 0.2) is 0 Å². The minimum absolute atomic E-state index is 0.103. The second-order valence-corrected chi connectivity index (χ2v) is 7.11. The van der Waals surface area contributed by atoms with E-state index in [9.17, 15) is 5.11 Å². The van der Waals surface area contributed by atoms with Crippen molar-refractivity contribution in [2.24, 2.45) is 0 Å². The van der Waals surface area contributed by atoms with Crippen LogP contribution in [0.4, 0.5) is 0 Å². The summed E-state index contributed by atoms with van der Waals surface area (Å²) in [5.74, 6) is 0. The van der Waals surface area contributed by atoms with Crippen LogP contribution >= 0.6 is 0 Å². The van der Waals surface area contributed by atoms with Crippen LogP contribution < -0.4 is 0 Å². The summed E-state index contributed by atoms with van der Waals surface area (Å²) in [5, 5.41) is 10.3. The summed E-state index contributed by atoms with van der Waals surface area (Å²) in [6.07, 6.45) is 12.8. The molecule has 4 heteroatoms. The molecule has 3 aliphatic rings. The number of aliphatic hydroxyl groups excluding tert-OH is 1. The number of rotatable bonds is 2. The molecular formula is C17H27N3O. The summed E-state index contributed by atoms with van der Waals surface area (Å²) in [4.78, 5) is 7.19. The summed E-state index contributed by atoms with van der Waals surface area (Å²) in [6, 6.07) is 0.983. The van der Waals surface area contributed by atoms with Crippen LogP contribution in [-0.2, 0) is 12.8 Å². The monoisotopic (exact) mass is 289 g/mol. The molecule has 2 heterocycles. The molecule has 0 unspecified atom stereocenters. The van der Waals surface area contributed by atoms with Crippen molar-refractivity contribution in [3.05, 3.63) is 17.7 Å². The highest BCUT2D eigenvalue weighted by Gasteiger charge is 2.35. The number of fused-ring (bicyclic) bond motifs is 1. The number of hydrogen-bond acceptors (Lipinski definition) is 3. The first-order valence-corrected chi connectivity index (χ1v) is 8.79. The molecule has 0 amide bonds. The second kappa shape index (κ2) is 5.73. The summed E-state index contributed by atoms with van der Waals surface area (Å²) < 4.78 is 2.46. The molecule has 4 nitrogen and oxygen atoms in total. The molecule has 21 heavy (non-hydrogen) atoms. The lowest BCUT2D eigenvalue weighted by molar-refractivity contribution is 0.0296. The molecule has 4 rings (SSSR count). The van der Waals surface area contributed by atoms with Crippen LogP contribution in [-0.4, -0.2) is 44.8 Å². The minimum atomic E-state index is -0.103. The van der Waals surface area contributed by atoms with Crippen LogP contribution in [0.1, 0.15) is 62.4 Å². The van der Waals surface area contributed by atoms with E-state index in [0.29, 0.717) is 12.1 Å². The quantitative estimate of drug-likeness (QED) is 0.908. The highest BCUT2D eigenvalue weighted by atomic mass is 16.3. The van der Waals surface area contributed by atoms with Crippen LogP contribution in [0.3, 0.4) is 0 Å². The summed E-state index contributed by atoms with van der Waals surface area (Å²) in [7, 11) is 0. The second-order valence-electron chi connectivity index (χ2n) is 7.11. The third-order valence-corrected chi connectivity index (χ3v) is 5.81. The van der Waals surface area contributed by atoms with Crippen LogP contribution in [0.15, 0.2) is 6.33 Å². The van der Waals surface area contributed by atoms with Gasteiger partial charge in [0.1, 0.15) is 0 Å². The highest BCUT2D eigenvalue weighted by Crippen LogP contribution is 2.32. The van der Waals surface area contributed by atoms with E-state index in [0.717, 1.165) is 19.5 Å². The molecular weight excluding hydrogens is 262 g/mol. The Morgan fingerprint density at radius 2 is 1.90 bits per heavy atom. The Balaban J connectivity index is 1.47. The Kier molecular flexibility index (Phi) is 3.76. The van der Waals surface area contributed by atoms with Gasteiger partial charge in [0.2, 0.25) is 0 Å². The summed E-state index contributed by atoms with van der Waals surface area (Å²) in [6.45, 7) is 2.24. The van der Waals surface area contributed by atoms with Crippen molar-refractivity contribution in [1.82, 2.24) is 14.5 Å². The van der Waals surface area contributed by atoms with E-state index in [1.54, 1.807) is 0 Å². The fourth-order valence-corrected chi connectivity index (χ4v) is 4.62. The predicted octanol–water partition coefficient (Wildman–Crippen LogP) is 2.31. The first-order chi connectivity index (χ1) is 10.3. The molecule has 1 saturated heterocycles. The Bertz CT molecular complexity index is 498. The standard InChI is InChI=1S/C17H27N3O/c21-17-8-4-3-7-16(17)19-10-9-13(11-19)20-12-18-14-5-1-2-6-15(14)20/h12-13,16-17,21H,1-11H2/t13-,16+,17-/m1/s1. The zero-order valence-corrected chi connectivity index (χ0v) is 12.9. The molecule has 3 atom stereocenters. The highest BCUT2D eigenvalue weighted by molar-refractivity contribution is 5.17. The smallest absolute Gasteiger partial charge is 0.0954 e. The van der Waals surface area contributed by atoms with Crippen molar-refractivity contribution in [1.29, 1.82) is 0 Å². The molecule has 1 saturated carbocycles. The lowest BCUT2D eigenvalue weighted by Crippen LogP contribution is -2.44. The van der Waals surface area contributed by atoms with Gasteiger partial charge in [-0.05, 0) is 44.9 Å². The van der Waals surface area contributed by atoms with Crippen molar-refractivity contribution < 1.29 is 5.11 Å². The van der Waals surface area contributed by atoms with Gasteiger partial charge in [-0.1, -0.05) is 12.8 Å². The molecule has 0 aromatic carbocycles. The first-order valence-electron chi connectivity index (χ1n) is 8.79. The van der Waals surface area contributed by atoms with Crippen LogP contribution in [0.25, 0.3) is 0 Å². The van der Waals surface area contributed by atoms with E-state index in [1.165, 1.54) is 62.8 Å². The number of likely N-dealkylation sites (tertiary alicyclic amines) is 1. The van der Waals surface area contributed by atoms with Crippen molar-refractivity contribution in [3.63, 3.8) is 0 Å². The largest absolute Gasteiger partial charge is 0.391 e. The number of hydrogen-bond donors (Lipinski definition) is 1. The van der Waals surface area contributed by atoms with Gasteiger partial charge in [0.05, 0.1) is 18.1 Å². The molecule has 1 aromatic rings. The Hall–Kier alpha value is -0.870. The lowest BCUT2D eigenvalue weighted by atomic mass is 9.91. The number of nitrogens with zero attached hydrogens (tertiary/aromatic N) is 3. The van der Waals surface area contributed by atoms with Gasteiger partial charge in [-0.15, -0.1) is 0 Å². The molecule has 0 bridgehead atoms. The van der Waals surface area contributed by atoms with Gasteiger partial charge in [-0.25, -0.2) is 4.98 Å². The molecule has 1 aromatic heterocycles. The Labute approximate surface area is 127 Å². The van der Waals surface area contributed by atoms with Crippen molar-refractivity contribution in [3.8, 4) is 0 Å². The zero-order chi connectivity index (χ0) is 14.2. The van der Waals surface area contributed by atoms with Gasteiger partial charge in [-0.3, -0.25) is 4.90 Å². The topological polar surface area (TPSA) is 41.3 Å². The third-order valence-electron chi connectivity index (χ3n) is 5.81. The van der Waals surface area contributed by atoms with Gasteiger partial charge in [-0.2, -0.15) is 0 Å². The molecule has 2 fully saturated rings. The maximum absolute atomic E-state index is 10.3. The SMILES string of the molecule is O[C@@H]1CCCC[C@@H]1N1CC[C@@H](n2cnc3c2CCCC3)C1. The number of aliphatic hydroxyl groups is 1. The normalized spacial score (nSPS) is 34.0.